The highest BCUT2D eigenvalue weighted by molar-refractivity contribution is 6.34. The van der Waals surface area contributed by atoms with Crippen molar-refractivity contribution in [1.82, 2.24) is 4.98 Å². The van der Waals surface area contributed by atoms with Gasteiger partial charge in [0, 0.05) is 0 Å². The number of oxazole rings is 1. The monoisotopic (exact) mass is 317 g/mol. The SMILES string of the molecule is COC(=O)c1ccc2nc(-c3cccc(OC)c3Cl)oc2c1. The van der Waals surface area contributed by atoms with Crippen LogP contribution in [0, 0.1) is 0 Å². The molecule has 0 amide bonds. The molecule has 2 aromatic carbocycles. The van der Waals surface area contributed by atoms with Crippen molar-refractivity contribution in [1.29, 1.82) is 0 Å². The summed E-state index contributed by atoms with van der Waals surface area (Å²) in [7, 11) is 2.87. The number of hydrogen-bond acceptors (Lipinski definition) is 5. The second-order valence-corrected chi connectivity index (χ2v) is 4.89. The van der Waals surface area contributed by atoms with Gasteiger partial charge in [-0.1, -0.05) is 17.7 Å². The van der Waals surface area contributed by atoms with Gasteiger partial charge in [0.15, 0.2) is 5.58 Å². The van der Waals surface area contributed by atoms with Crippen molar-refractivity contribution in [3.63, 3.8) is 0 Å². The van der Waals surface area contributed by atoms with Gasteiger partial charge in [0.05, 0.1) is 30.4 Å². The average Bonchev–Trinajstić information content (AvgIpc) is 2.97. The van der Waals surface area contributed by atoms with Crippen LogP contribution in [0.25, 0.3) is 22.6 Å². The van der Waals surface area contributed by atoms with Crippen LogP contribution in [0.2, 0.25) is 5.02 Å². The maximum absolute atomic E-state index is 11.5. The number of hydrogen-bond donors (Lipinski definition) is 0. The largest absolute Gasteiger partial charge is 0.495 e. The van der Waals surface area contributed by atoms with Crippen molar-refractivity contribution in [3.8, 4) is 17.2 Å². The van der Waals surface area contributed by atoms with Crippen LogP contribution in [0.5, 0.6) is 5.75 Å². The van der Waals surface area contributed by atoms with Crippen LogP contribution >= 0.6 is 11.6 Å². The fourth-order valence-corrected chi connectivity index (χ4v) is 2.40. The number of esters is 1. The van der Waals surface area contributed by atoms with E-state index >= 15 is 0 Å². The maximum atomic E-state index is 11.5. The lowest BCUT2D eigenvalue weighted by Gasteiger charge is -2.05. The topological polar surface area (TPSA) is 61.6 Å². The molecule has 0 aliphatic carbocycles. The highest BCUT2D eigenvalue weighted by Crippen LogP contribution is 2.36. The molecule has 1 heterocycles. The van der Waals surface area contributed by atoms with Crippen LogP contribution in [0.4, 0.5) is 0 Å². The first-order valence-corrected chi connectivity index (χ1v) is 6.83. The number of rotatable bonds is 3. The second-order valence-electron chi connectivity index (χ2n) is 4.51. The first-order valence-electron chi connectivity index (χ1n) is 6.46. The third-order valence-electron chi connectivity index (χ3n) is 3.22. The minimum atomic E-state index is -0.431. The normalized spacial score (nSPS) is 10.7. The summed E-state index contributed by atoms with van der Waals surface area (Å²) in [6.07, 6.45) is 0. The number of methoxy groups -OCH3 is 2. The van der Waals surface area contributed by atoms with Crippen molar-refractivity contribution in [2.24, 2.45) is 0 Å². The van der Waals surface area contributed by atoms with Crippen LogP contribution in [-0.2, 0) is 4.74 Å². The van der Waals surface area contributed by atoms with Gasteiger partial charge in [-0.3, -0.25) is 0 Å². The molecular weight excluding hydrogens is 306 g/mol. The summed E-state index contributed by atoms with van der Waals surface area (Å²) in [6, 6.07) is 10.3. The summed E-state index contributed by atoms with van der Waals surface area (Å²) in [5.74, 6) is 0.469. The third kappa shape index (κ3) is 2.40. The number of carbonyl (C=O) groups is 1. The molecule has 112 valence electrons. The molecule has 1 aromatic heterocycles. The van der Waals surface area contributed by atoms with Gasteiger partial charge in [-0.2, -0.15) is 0 Å². The average molecular weight is 318 g/mol. The molecule has 6 heteroatoms. The van der Waals surface area contributed by atoms with Crippen LogP contribution in [0.1, 0.15) is 10.4 Å². The number of carbonyl (C=O) groups excluding carboxylic acids is 1. The Kier molecular flexibility index (Phi) is 3.73. The van der Waals surface area contributed by atoms with Crippen molar-refractivity contribution in [2.75, 3.05) is 14.2 Å². The van der Waals surface area contributed by atoms with E-state index in [1.54, 1.807) is 43.5 Å². The zero-order valence-corrected chi connectivity index (χ0v) is 12.7. The molecule has 0 saturated heterocycles. The van der Waals surface area contributed by atoms with E-state index in [-0.39, 0.29) is 0 Å². The van der Waals surface area contributed by atoms with E-state index in [2.05, 4.69) is 9.72 Å². The summed E-state index contributed by atoms with van der Waals surface area (Å²) in [5.41, 5.74) is 2.13. The highest BCUT2D eigenvalue weighted by atomic mass is 35.5. The van der Waals surface area contributed by atoms with Crippen molar-refractivity contribution < 1.29 is 18.7 Å². The predicted octanol–water partition coefficient (Wildman–Crippen LogP) is 3.94. The van der Waals surface area contributed by atoms with E-state index in [1.807, 2.05) is 0 Å². The fourth-order valence-electron chi connectivity index (χ4n) is 2.12. The van der Waals surface area contributed by atoms with Gasteiger partial charge < -0.3 is 13.9 Å². The fraction of sp³-hybridized carbons (Fsp3) is 0.125. The zero-order valence-electron chi connectivity index (χ0n) is 11.9. The Bertz CT molecular complexity index is 856. The molecule has 0 fully saturated rings. The molecule has 0 radical (unpaired) electrons. The van der Waals surface area contributed by atoms with Gasteiger partial charge in [0.25, 0.3) is 0 Å². The van der Waals surface area contributed by atoms with Gasteiger partial charge in [-0.05, 0) is 30.3 Å². The van der Waals surface area contributed by atoms with Gasteiger partial charge in [0.1, 0.15) is 11.3 Å². The van der Waals surface area contributed by atoms with E-state index in [0.717, 1.165) is 0 Å². The quantitative estimate of drug-likeness (QED) is 0.685. The molecule has 0 bridgehead atoms. The molecule has 0 aliphatic rings. The lowest BCUT2D eigenvalue weighted by atomic mass is 10.2. The molecular formula is C16H12ClNO4. The third-order valence-corrected chi connectivity index (χ3v) is 3.61. The molecule has 0 unspecified atom stereocenters. The van der Waals surface area contributed by atoms with Crippen molar-refractivity contribution in [3.05, 3.63) is 47.0 Å². The summed E-state index contributed by atoms with van der Waals surface area (Å²) >= 11 is 6.28. The molecule has 0 N–H and O–H groups in total. The number of aromatic nitrogens is 1. The van der Waals surface area contributed by atoms with E-state index in [1.165, 1.54) is 7.11 Å². The summed E-state index contributed by atoms with van der Waals surface area (Å²) in [5, 5.41) is 0.421. The Hall–Kier alpha value is -2.53. The molecule has 0 saturated carbocycles. The second kappa shape index (κ2) is 5.69. The number of nitrogens with zero attached hydrogens (tertiary/aromatic N) is 1. The van der Waals surface area contributed by atoms with Crippen LogP contribution in [0.15, 0.2) is 40.8 Å². The molecule has 0 atom stereocenters. The molecule has 0 spiro atoms. The number of benzene rings is 2. The smallest absolute Gasteiger partial charge is 0.337 e. The van der Waals surface area contributed by atoms with Gasteiger partial charge in [0.2, 0.25) is 5.89 Å². The van der Waals surface area contributed by atoms with Crippen molar-refractivity contribution in [2.45, 2.75) is 0 Å². The molecule has 3 rings (SSSR count). The zero-order chi connectivity index (χ0) is 15.7. The van der Waals surface area contributed by atoms with Gasteiger partial charge >= 0.3 is 5.97 Å². The first kappa shape index (κ1) is 14.4. The van der Waals surface area contributed by atoms with Gasteiger partial charge in [-0.25, -0.2) is 9.78 Å². The number of halogens is 1. The first-order chi connectivity index (χ1) is 10.6. The summed E-state index contributed by atoms with van der Waals surface area (Å²) in [4.78, 5) is 15.9. The van der Waals surface area contributed by atoms with E-state index in [9.17, 15) is 4.79 Å². The lowest BCUT2D eigenvalue weighted by Crippen LogP contribution is -2.00. The Labute approximate surface area is 131 Å². The minimum absolute atomic E-state index is 0.362. The Morgan fingerprint density at radius 1 is 1.23 bits per heavy atom. The number of fused-ring (bicyclic) bond motifs is 1. The predicted molar refractivity (Wildman–Crippen MR) is 82.3 cm³/mol. The maximum Gasteiger partial charge on any atom is 0.337 e. The summed E-state index contributed by atoms with van der Waals surface area (Å²) < 4.78 is 15.6. The van der Waals surface area contributed by atoms with Crippen LogP contribution in [0.3, 0.4) is 0 Å². The van der Waals surface area contributed by atoms with Gasteiger partial charge in [-0.15, -0.1) is 0 Å². The molecule has 5 nitrogen and oxygen atoms in total. The van der Waals surface area contributed by atoms with Crippen LogP contribution < -0.4 is 4.74 Å². The van der Waals surface area contributed by atoms with E-state index in [4.69, 9.17) is 20.8 Å². The molecule has 0 aliphatic heterocycles. The van der Waals surface area contributed by atoms with E-state index in [0.29, 0.717) is 38.9 Å². The Morgan fingerprint density at radius 3 is 2.77 bits per heavy atom. The molecule has 3 aromatic rings. The number of ether oxygens (including phenoxy) is 2. The lowest BCUT2D eigenvalue weighted by molar-refractivity contribution is 0.0601. The Balaban J connectivity index is 2.11. The highest BCUT2D eigenvalue weighted by Gasteiger charge is 2.16. The molecule has 22 heavy (non-hydrogen) atoms. The van der Waals surface area contributed by atoms with Crippen LogP contribution in [-0.4, -0.2) is 25.2 Å². The minimum Gasteiger partial charge on any atom is -0.495 e. The standard InChI is InChI=1S/C16H12ClNO4/c1-20-12-5-3-4-10(14(12)17)15-18-11-7-6-9(16(19)21-2)8-13(11)22-15/h3-8H,1-2H3. The summed E-state index contributed by atoms with van der Waals surface area (Å²) in [6.45, 7) is 0. The van der Waals surface area contributed by atoms with Crippen molar-refractivity contribution >= 4 is 28.7 Å². The Morgan fingerprint density at radius 2 is 2.05 bits per heavy atom. The van der Waals surface area contributed by atoms with E-state index < -0.39 is 5.97 Å².